The first kappa shape index (κ1) is 27.3. The van der Waals surface area contributed by atoms with E-state index in [2.05, 4.69) is 22.0 Å². The topological polar surface area (TPSA) is 87.3 Å². The average Bonchev–Trinajstić information content (AvgIpc) is 3.60. The van der Waals surface area contributed by atoms with Gasteiger partial charge in [-0.2, -0.15) is 11.8 Å². The van der Waals surface area contributed by atoms with Crippen LogP contribution in [0.3, 0.4) is 0 Å². The monoisotopic (exact) mass is 557 g/mol. The van der Waals surface area contributed by atoms with E-state index in [1.165, 1.54) is 0 Å². The molecule has 0 aromatic heterocycles. The zero-order valence-electron chi connectivity index (χ0n) is 22.9. The van der Waals surface area contributed by atoms with Gasteiger partial charge in [-0.3, -0.25) is 14.4 Å². The second-order valence-corrected chi connectivity index (χ2v) is 13.1. The predicted octanol–water partition coefficient (Wildman–Crippen LogP) is 5.21. The number of ketones is 1. The number of amides is 2. The van der Waals surface area contributed by atoms with Crippen LogP contribution in [0.2, 0.25) is 0 Å². The molecule has 6 rings (SSSR count). The zero-order valence-corrected chi connectivity index (χ0v) is 23.8. The third-order valence-corrected chi connectivity index (χ3v) is 10.7. The number of benzene rings is 2. The summed E-state index contributed by atoms with van der Waals surface area (Å²) in [6, 6.07) is 18.8. The van der Waals surface area contributed by atoms with Crippen molar-refractivity contribution < 1.29 is 14.4 Å². The molecule has 0 spiro atoms. The molecule has 3 fully saturated rings. The summed E-state index contributed by atoms with van der Waals surface area (Å²) >= 11 is 1.99. The lowest BCUT2D eigenvalue weighted by Gasteiger charge is -2.32. The highest BCUT2D eigenvalue weighted by molar-refractivity contribution is 8.00. The van der Waals surface area contributed by atoms with E-state index in [9.17, 15) is 14.4 Å². The van der Waals surface area contributed by atoms with Gasteiger partial charge in [0.25, 0.3) is 0 Å². The first-order valence-corrected chi connectivity index (χ1v) is 16.0. The molecule has 2 saturated heterocycles. The molecule has 4 atom stereocenters. The first-order valence-electron chi connectivity index (χ1n) is 14.9. The minimum absolute atomic E-state index is 0.105. The van der Waals surface area contributed by atoms with E-state index < -0.39 is 0 Å². The molecule has 0 radical (unpaired) electrons. The molecule has 2 aromatic rings. The molecule has 2 heterocycles. The summed E-state index contributed by atoms with van der Waals surface area (Å²) in [6.45, 7) is 0. The molecule has 2 aliphatic heterocycles. The summed E-state index contributed by atoms with van der Waals surface area (Å²) in [5, 5.41) is 10.7. The van der Waals surface area contributed by atoms with Crippen LogP contribution < -0.4 is 16.0 Å². The highest BCUT2D eigenvalue weighted by atomic mass is 32.2. The van der Waals surface area contributed by atoms with Crippen molar-refractivity contribution in [1.82, 2.24) is 16.0 Å². The second kappa shape index (κ2) is 12.3. The standard InChI is InChI=1S/C33H39N3O3S/c37-30(13-7-6-12-29-26-19-31(38)36-28(26)20-40-29)34-22-14-16-23(17-15-22)35-32-24-10-4-5-11-25(24)33(39)27(32)18-21-8-2-1-3-9-21/h1-5,8-11,18,22-23,26,28-29,32,35H,6-7,12-17,19-20H2,(H,34,37)(H,36,38)/b27-18+/t22?,23?,26-,28-,29-,32?/m0/s1. The predicted molar refractivity (Wildman–Crippen MR) is 160 cm³/mol. The zero-order chi connectivity index (χ0) is 27.5. The number of fused-ring (bicyclic) bond motifs is 2. The normalized spacial score (nSPS) is 30.2. The maximum atomic E-state index is 13.3. The van der Waals surface area contributed by atoms with Crippen LogP contribution >= 0.6 is 11.8 Å². The van der Waals surface area contributed by atoms with Crippen molar-refractivity contribution >= 4 is 35.4 Å². The number of rotatable bonds is 9. The van der Waals surface area contributed by atoms with E-state index in [1.54, 1.807) is 0 Å². The number of hydrogen-bond donors (Lipinski definition) is 3. The van der Waals surface area contributed by atoms with Crippen molar-refractivity contribution in [3.8, 4) is 0 Å². The Hall–Kier alpha value is -2.90. The first-order chi connectivity index (χ1) is 19.5. The van der Waals surface area contributed by atoms with Crippen LogP contribution in [0.25, 0.3) is 6.08 Å². The fourth-order valence-electron chi connectivity index (χ4n) is 6.97. The molecule has 1 saturated carbocycles. The van der Waals surface area contributed by atoms with Crippen molar-refractivity contribution in [3.05, 3.63) is 76.9 Å². The Morgan fingerprint density at radius 3 is 2.52 bits per heavy atom. The number of hydrogen-bond acceptors (Lipinski definition) is 5. The third kappa shape index (κ3) is 6.06. The van der Waals surface area contributed by atoms with Crippen molar-refractivity contribution in [2.24, 2.45) is 5.92 Å². The molecule has 3 N–H and O–H groups in total. The van der Waals surface area contributed by atoms with Gasteiger partial charge in [0.1, 0.15) is 0 Å². The van der Waals surface area contributed by atoms with Crippen LogP contribution in [0.4, 0.5) is 0 Å². The SMILES string of the molecule is O=C(CCCC[C@@H]1SC[C@@H]2NC(=O)C[C@@H]21)NC1CCC(NC2/C(=C\c3ccccc3)C(=O)c3ccccc32)CC1. The molecule has 7 heteroatoms. The van der Waals surface area contributed by atoms with E-state index in [4.69, 9.17) is 0 Å². The number of nitrogens with one attached hydrogen (secondary N) is 3. The summed E-state index contributed by atoms with van der Waals surface area (Å²) in [7, 11) is 0. The summed E-state index contributed by atoms with van der Waals surface area (Å²) in [5.74, 6) is 1.99. The number of unbranched alkanes of at least 4 members (excludes halogenated alkanes) is 1. The molecule has 2 amide bonds. The minimum atomic E-state index is -0.105. The fraction of sp³-hybridized carbons (Fsp3) is 0.485. The Bertz CT molecular complexity index is 1270. The van der Waals surface area contributed by atoms with Gasteiger partial charge in [0.15, 0.2) is 5.78 Å². The summed E-state index contributed by atoms with van der Waals surface area (Å²) < 4.78 is 0. The van der Waals surface area contributed by atoms with Gasteiger partial charge in [-0.25, -0.2) is 0 Å². The van der Waals surface area contributed by atoms with Crippen LogP contribution in [0.1, 0.15) is 85.3 Å². The van der Waals surface area contributed by atoms with Crippen molar-refractivity contribution in [1.29, 1.82) is 0 Å². The Morgan fingerprint density at radius 1 is 0.950 bits per heavy atom. The lowest BCUT2D eigenvalue weighted by Crippen LogP contribution is -2.43. The average molecular weight is 558 g/mol. The lowest BCUT2D eigenvalue weighted by atomic mass is 9.89. The van der Waals surface area contributed by atoms with Crippen molar-refractivity contribution in [2.45, 2.75) is 87.2 Å². The summed E-state index contributed by atoms with van der Waals surface area (Å²) in [6.07, 6.45) is 10.2. The smallest absolute Gasteiger partial charge is 0.220 e. The highest BCUT2D eigenvalue weighted by Gasteiger charge is 2.42. The Labute approximate surface area is 241 Å². The van der Waals surface area contributed by atoms with E-state index in [-0.39, 0.29) is 29.7 Å². The Balaban J connectivity index is 0.962. The van der Waals surface area contributed by atoms with E-state index in [1.807, 2.05) is 66.4 Å². The van der Waals surface area contributed by atoms with E-state index in [0.29, 0.717) is 36.1 Å². The molecular formula is C33H39N3O3S. The van der Waals surface area contributed by atoms with Gasteiger partial charge in [0.2, 0.25) is 11.8 Å². The number of thioether (sulfide) groups is 1. The maximum Gasteiger partial charge on any atom is 0.220 e. The molecule has 4 aliphatic rings. The number of Topliss-reactive ketones (excluding diaryl/α,β-unsaturated/α-hetero) is 1. The minimum Gasteiger partial charge on any atom is -0.353 e. The van der Waals surface area contributed by atoms with Gasteiger partial charge in [-0.15, -0.1) is 0 Å². The van der Waals surface area contributed by atoms with Crippen LogP contribution in [-0.2, 0) is 9.59 Å². The van der Waals surface area contributed by atoms with Crippen LogP contribution in [0.5, 0.6) is 0 Å². The lowest BCUT2D eigenvalue weighted by molar-refractivity contribution is -0.122. The largest absolute Gasteiger partial charge is 0.353 e. The second-order valence-electron chi connectivity index (χ2n) is 11.8. The van der Waals surface area contributed by atoms with Crippen LogP contribution in [0.15, 0.2) is 60.2 Å². The molecule has 0 bridgehead atoms. The highest BCUT2D eigenvalue weighted by Crippen LogP contribution is 2.41. The van der Waals surface area contributed by atoms with Gasteiger partial charge in [-0.1, -0.05) is 61.0 Å². The van der Waals surface area contributed by atoms with Crippen LogP contribution in [-0.4, -0.2) is 46.7 Å². The molecular weight excluding hydrogens is 518 g/mol. The Morgan fingerprint density at radius 2 is 1.70 bits per heavy atom. The van der Waals surface area contributed by atoms with Crippen molar-refractivity contribution in [2.75, 3.05) is 5.75 Å². The fourth-order valence-corrected chi connectivity index (χ4v) is 8.62. The molecule has 2 aliphatic carbocycles. The number of carbonyl (C=O) groups excluding carboxylic acids is 3. The molecule has 40 heavy (non-hydrogen) atoms. The molecule has 210 valence electrons. The molecule has 1 unspecified atom stereocenters. The van der Waals surface area contributed by atoms with E-state index >= 15 is 0 Å². The third-order valence-electron chi connectivity index (χ3n) is 9.10. The quantitative estimate of drug-likeness (QED) is 0.291. The molecule has 6 nitrogen and oxygen atoms in total. The van der Waals surface area contributed by atoms with Crippen LogP contribution in [0, 0.1) is 5.92 Å². The van der Waals surface area contributed by atoms with Gasteiger partial charge in [-0.05, 0) is 55.7 Å². The van der Waals surface area contributed by atoms with Crippen molar-refractivity contribution in [3.63, 3.8) is 0 Å². The van der Waals surface area contributed by atoms with Gasteiger partial charge in [0.05, 0.1) is 6.04 Å². The molecule has 2 aromatic carbocycles. The maximum absolute atomic E-state index is 13.3. The Kier molecular flexibility index (Phi) is 8.40. The van der Waals surface area contributed by atoms with Gasteiger partial charge >= 0.3 is 0 Å². The van der Waals surface area contributed by atoms with Gasteiger partial charge < -0.3 is 16.0 Å². The summed E-state index contributed by atoms with van der Waals surface area (Å²) in [4.78, 5) is 37.6. The number of carbonyl (C=O) groups is 3. The van der Waals surface area contributed by atoms with Gasteiger partial charge in [0, 0.05) is 59.0 Å². The summed E-state index contributed by atoms with van der Waals surface area (Å²) in [5.41, 5.74) is 3.70. The van der Waals surface area contributed by atoms with E-state index in [0.717, 1.165) is 73.0 Å².